The second kappa shape index (κ2) is 7.01. The molecule has 10 atom stereocenters. The van der Waals surface area contributed by atoms with Gasteiger partial charge in [0, 0.05) is 0 Å². The number of hydrogen-bond donors (Lipinski definition) is 7. The monoisotopic (exact) mass is 326 g/mol. The third-order valence-corrected chi connectivity index (χ3v) is 3.94. The highest BCUT2D eigenvalue weighted by Gasteiger charge is 2.49. The van der Waals surface area contributed by atoms with Crippen molar-refractivity contribution in [3.05, 3.63) is 0 Å². The first-order valence-corrected chi connectivity index (χ1v) is 6.93. The van der Waals surface area contributed by atoms with Crippen LogP contribution < -0.4 is 0 Å². The maximum Gasteiger partial charge on any atom is 0.187 e. The van der Waals surface area contributed by atoms with Gasteiger partial charge in [0.2, 0.25) is 0 Å². The fourth-order valence-corrected chi connectivity index (χ4v) is 2.51. The Bertz CT molecular complexity index is 368. The molecule has 0 radical (unpaired) electrons. The molecule has 0 aromatic rings. The van der Waals surface area contributed by atoms with E-state index >= 15 is 0 Å². The van der Waals surface area contributed by atoms with Crippen LogP contribution in [0.1, 0.15) is 6.92 Å². The van der Waals surface area contributed by atoms with Crippen LogP contribution in [0, 0.1) is 0 Å². The van der Waals surface area contributed by atoms with E-state index in [1.165, 1.54) is 6.92 Å². The van der Waals surface area contributed by atoms with Crippen molar-refractivity contribution >= 4 is 0 Å². The van der Waals surface area contributed by atoms with Gasteiger partial charge in [0.1, 0.15) is 42.7 Å². The zero-order valence-corrected chi connectivity index (χ0v) is 11.8. The van der Waals surface area contributed by atoms with Gasteiger partial charge in [-0.25, -0.2) is 0 Å². The van der Waals surface area contributed by atoms with Crippen LogP contribution >= 0.6 is 0 Å². The summed E-state index contributed by atoms with van der Waals surface area (Å²) >= 11 is 0. The van der Waals surface area contributed by atoms with Crippen LogP contribution in [0.2, 0.25) is 0 Å². The number of rotatable bonds is 3. The Kier molecular flexibility index (Phi) is 5.72. The minimum absolute atomic E-state index is 0.628. The molecule has 10 heteroatoms. The molecule has 0 unspecified atom stereocenters. The molecule has 0 bridgehead atoms. The van der Waals surface area contributed by atoms with E-state index in [4.69, 9.17) is 19.3 Å². The number of hydrogen-bond acceptors (Lipinski definition) is 10. The predicted molar refractivity (Wildman–Crippen MR) is 67.2 cm³/mol. The molecule has 0 spiro atoms. The van der Waals surface area contributed by atoms with E-state index in [-0.39, 0.29) is 0 Å². The Balaban J connectivity index is 2.10. The van der Waals surface area contributed by atoms with Crippen molar-refractivity contribution in [1.82, 2.24) is 0 Å². The molecule has 2 fully saturated rings. The van der Waals surface area contributed by atoms with Crippen LogP contribution in [0.5, 0.6) is 0 Å². The summed E-state index contributed by atoms with van der Waals surface area (Å²) < 4.78 is 15.3. The first-order valence-electron chi connectivity index (χ1n) is 6.93. The molecule has 0 amide bonds. The van der Waals surface area contributed by atoms with Gasteiger partial charge in [-0.3, -0.25) is 0 Å². The summed E-state index contributed by atoms with van der Waals surface area (Å²) in [5.74, 6) is 0. The van der Waals surface area contributed by atoms with Crippen molar-refractivity contribution in [2.75, 3.05) is 6.61 Å². The molecular formula is C12H22O10. The highest BCUT2D eigenvalue weighted by Crippen LogP contribution is 2.28. The summed E-state index contributed by atoms with van der Waals surface area (Å²) in [6.07, 6.45) is -14.3. The first kappa shape index (κ1) is 17.9. The van der Waals surface area contributed by atoms with Gasteiger partial charge in [-0.2, -0.15) is 0 Å². The molecule has 2 aliphatic heterocycles. The first-order chi connectivity index (χ1) is 10.3. The Morgan fingerprint density at radius 1 is 0.818 bits per heavy atom. The van der Waals surface area contributed by atoms with E-state index in [1.807, 2.05) is 0 Å². The van der Waals surface area contributed by atoms with Crippen molar-refractivity contribution in [3.63, 3.8) is 0 Å². The third kappa shape index (κ3) is 3.26. The molecule has 2 aliphatic rings. The minimum atomic E-state index is -1.71. The molecule has 7 N–H and O–H groups in total. The lowest BCUT2D eigenvalue weighted by Crippen LogP contribution is -2.63. The van der Waals surface area contributed by atoms with E-state index in [9.17, 15) is 30.6 Å². The molecule has 0 saturated carbocycles. The van der Waals surface area contributed by atoms with E-state index in [0.717, 1.165) is 0 Å². The normalized spacial score (nSPS) is 53.5. The second-order valence-corrected chi connectivity index (χ2v) is 5.51. The molecule has 2 saturated heterocycles. The van der Waals surface area contributed by atoms with Crippen molar-refractivity contribution in [2.24, 2.45) is 0 Å². The van der Waals surface area contributed by atoms with Crippen molar-refractivity contribution in [2.45, 2.75) is 68.3 Å². The molecular weight excluding hydrogens is 304 g/mol. The topological polar surface area (TPSA) is 169 Å². The quantitative estimate of drug-likeness (QED) is 0.269. The number of aliphatic hydroxyl groups is 7. The van der Waals surface area contributed by atoms with Crippen molar-refractivity contribution < 1.29 is 50.0 Å². The molecule has 10 nitrogen and oxygen atoms in total. The van der Waals surface area contributed by atoms with Gasteiger partial charge >= 0.3 is 0 Å². The summed E-state index contributed by atoms with van der Waals surface area (Å²) in [6.45, 7) is 0.814. The summed E-state index contributed by atoms with van der Waals surface area (Å²) in [5.41, 5.74) is 0. The molecule has 0 aromatic heterocycles. The van der Waals surface area contributed by atoms with Gasteiger partial charge in [-0.15, -0.1) is 0 Å². The minimum Gasteiger partial charge on any atom is -0.394 e. The lowest BCUT2D eigenvalue weighted by molar-refractivity contribution is -0.352. The summed E-state index contributed by atoms with van der Waals surface area (Å²) in [5, 5.41) is 67.6. The summed E-state index contributed by atoms with van der Waals surface area (Å²) in [7, 11) is 0. The number of aliphatic hydroxyl groups excluding tert-OH is 7. The van der Waals surface area contributed by atoms with Crippen LogP contribution in [-0.4, -0.2) is 104 Å². The standard InChI is InChI=1S/C12H22O10/c1-3-5(14)7(16)8(17)12(20-3)22-10-6(15)4(2-13)21-11(19)9(10)18/h3-19H,2H2,1H3/t3-,4-,5-,6-,7+,8+,9-,10+,11+,12-/m1/s1. The maximum absolute atomic E-state index is 9.99. The lowest BCUT2D eigenvalue weighted by atomic mass is 9.97. The number of ether oxygens (including phenoxy) is 3. The van der Waals surface area contributed by atoms with Crippen LogP contribution in [-0.2, 0) is 14.2 Å². The smallest absolute Gasteiger partial charge is 0.187 e. The van der Waals surface area contributed by atoms with Crippen molar-refractivity contribution in [3.8, 4) is 0 Å². The summed E-state index contributed by atoms with van der Waals surface area (Å²) in [6, 6.07) is 0. The van der Waals surface area contributed by atoms with Gasteiger partial charge in [0.05, 0.1) is 12.7 Å². The second-order valence-electron chi connectivity index (χ2n) is 5.51. The van der Waals surface area contributed by atoms with Crippen molar-refractivity contribution in [1.29, 1.82) is 0 Å². The lowest BCUT2D eigenvalue weighted by Gasteiger charge is -2.44. The fraction of sp³-hybridized carbons (Fsp3) is 1.00. The van der Waals surface area contributed by atoms with Crippen LogP contribution in [0.3, 0.4) is 0 Å². The molecule has 22 heavy (non-hydrogen) atoms. The molecule has 130 valence electrons. The van der Waals surface area contributed by atoms with Crippen LogP contribution in [0.25, 0.3) is 0 Å². The van der Waals surface area contributed by atoms with E-state index < -0.39 is 68.0 Å². The van der Waals surface area contributed by atoms with Gasteiger partial charge in [-0.1, -0.05) is 0 Å². The van der Waals surface area contributed by atoms with Gasteiger partial charge in [-0.05, 0) is 6.92 Å². The predicted octanol–water partition coefficient (Wildman–Crippen LogP) is -4.37. The largest absolute Gasteiger partial charge is 0.394 e. The average Bonchev–Trinajstić information content (AvgIpc) is 2.50. The molecule has 0 aromatic carbocycles. The average molecular weight is 326 g/mol. The van der Waals surface area contributed by atoms with Gasteiger partial charge < -0.3 is 50.0 Å². The summed E-state index contributed by atoms with van der Waals surface area (Å²) in [4.78, 5) is 0. The Hall–Kier alpha value is -0.400. The maximum atomic E-state index is 9.99. The zero-order valence-electron chi connectivity index (χ0n) is 11.8. The Morgan fingerprint density at radius 3 is 2.05 bits per heavy atom. The van der Waals surface area contributed by atoms with Crippen LogP contribution in [0.4, 0.5) is 0 Å². The Labute approximate surface area is 126 Å². The molecule has 2 rings (SSSR count). The third-order valence-electron chi connectivity index (χ3n) is 3.94. The molecule has 0 aliphatic carbocycles. The zero-order chi connectivity index (χ0) is 16.6. The van der Waals surface area contributed by atoms with Crippen LogP contribution in [0.15, 0.2) is 0 Å². The van der Waals surface area contributed by atoms with Gasteiger partial charge in [0.25, 0.3) is 0 Å². The highest BCUT2D eigenvalue weighted by molar-refractivity contribution is 4.93. The Morgan fingerprint density at radius 2 is 1.45 bits per heavy atom. The molecule has 2 heterocycles. The highest BCUT2D eigenvalue weighted by atomic mass is 16.7. The van der Waals surface area contributed by atoms with E-state index in [0.29, 0.717) is 0 Å². The van der Waals surface area contributed by atoms with E-state index in [2.05, 4.69) is 0 Å². The SMILES string of the molecule is C[C@H]1O[C@H](O[C@@H]2[C@@H](O)[C@@H](O)O[C@H](CO)[C@H]2O)[C@@H](O)[C@@H](O)[C@@H]1O. The fourth-order valence-electron chi connectivity index (χ4n) is 2.51. The van der Waals surface area contributed by atoms with Gasteiger partial charge in [0.15, 0.2) is 12.6 Å². The van der Waals surface area contributed by atoms with E-state index in [1.54, 1.807) is 0 Å².